The van der Waals surface area contributed by atoms with E-state index in [1.807, 2.05) is 31.2 Å². The molecule has 1 aromatic carbocycles. The van der Waals surface area contributed by atoms with Gasteiger partial charge in [-0.2, -0.15) is 0 Å². The summed E-state index contributed by atoms with van der Waals surface area (Å²) >= 11 is 6.05. The average molecular weight is 296 g/mol. The van der Waals surface area contributed by atoms with Crippen molar-refractivity contribution < 1.29 is 9.53 Å². The van der Waals surface area contributed by atoms with Crippen molar-refractivity contribution in [3.05, 3.63) is 34.9 Å². The predicted molar refractivity (Wildman–Crippen MR) is 81.0 cm³/mol. The largest absolute Gasteiger partial charge is 0.466 e. The van der Waals surface area contributed by atoms with Crippen molar-refractivity contribution >= 4 is 17.6 Å². The summed E-state index contributed by atoms with van der Waals surface area (Å²) in [6, 6.07) is 7.76. The van der Waals surface area contributed by atoms with E-state index < -0.39 is 5.41 Å². The molecule has 20 heavy (non-hydrogen) atoms. The smallest absolute Gasteiger partial charge is 0.313 e. The van der Waals surface area contributed by atoms with Gasteiger partial charge in [-0.15, -0.1) is 0 Å². The number of halogens is 1. The molecule has 2 rings (SSSR count). The van der Waals surface area contributed by atoms with Crippen LogP contribution < -0.4 is 0 Å². The Morgan fingerprint density at radius 2 is 2.30 bits per heavy atom. The molecule has 0 spiro atoms. The number of rotatable bonds is 4. The Balaban J connectivity index is 2.24. The summed E-state index contributed by atoms with van der Waals surface area (Å²) in [5, 5.41) is 0.714. The third kappa shape index (κ3) is 3.53. The highest BCUT2D eigenvalue weighted by molar-refractivity contribution is 6.30. The van der Waals surface area contributed by atoms with Crippen LogP contribution >= 0.6 is 11.6 Å². The van der Waals surface area contributed by atoms with E-state index >= 15 is 0 Å². The Morgan fingerprint density at radius 1 is 1.50 bits per heavy atom. The Hall–Kier alpha value is -1.06. The van der Waals surface area contributed by atoms with Crippen LogP contribution in [0.2, 0.25) is 5.02 Å². The fraction of sp³-hybridized carbons (Fsp3) is 0.562. The zero-order valence-electron chi connectivity index (χ0n) is 12.2. The minimum atomic E-state index is -0.437. The molecule has 1 fully saturated rings. The summed E-state index contributed by atoms with van der Waals surface area (Å²) < 4.78 is 5.34. The van der Waals surface area contributed by atoms with E-state index in [2.05, 4.69) is 11.9 Å². The van der Waals surface area contributed by atoms with E-state index in [4.69, 9.17) is 16.3 Å². The van der Waals surface area contributed by atoms with Gasteiger partial charge in [0.25, 0.3) is 0 Å². The lowest BCUT2D eigenvalue weighted by Crippen LogP contribution is -2.48. The number of hydrogen-bond acceptors (Lipinski definition) is 3. The second-order valence-corrected chi connectivity index (χ2v) is 6.09. The molecule has 1 saturated heterocycles. The van der Waals surface area contributed by atoms with E-state index in [-0.39, 0.29) is 5.97 Å². The first kappa shape index (κ1) is 15.3. The van der Waals surface area contributed by atoms with Crippen LogP contribution in [0.3, 0.4) is 0 Å². The lowest BCUT2D eigenvalue weighted by Gasteiger charge is -2.39. The molecule has 1 atom stereocenters. The Bertz CT molecular complexity index is 477. The van der Waals surface area contributed by atoms with Crippen LogP contribution in [0.5, 0.6) is 0 Å². The van der Waals surface area contributed by atoms with Crippen LogP contribution in [-0.2, 0) is 16.0 Å². The third-order valence-corrected chi connectivity index (χ3v) is 4.14. The van der Waals surface area contributed by atoms with E-state index in [0.29, 0.717) is 18.1 Å². The molecular formula is C16H22ClNO2. The summed E-state index contributed by atoms with van der Waals surface area (Å²) in [4.78, 5) is 14.7. The highest BCUT2D eigenvalue weighted by Crippen LogP contribution is 2.35. The molecule has 0 amide bonds. The van der Waals surface area contributed by atoms with Gasteiger partial charge in [0.05, 0.1) is 12.0 Å². The quantitative estimate of drug-likeness (QED) is 0.799. The van der Waals surface area contributed by atoms with Crippen LogP contribution in [0.15, 0.2) is 24.3 Å². The highest BCUT2D eigenvalue weighted by atomic mass is 35.5. The summed E-state index contributed by atoms with van der Waals surface area (Å²) in [5.41, 5.74) is 0.661. The topological polar surface area (TPSA) is 29.5 Å². The molecule has 0 bridgehead atoms. The number of piperidine rings is 1. The summed E-state index contributed by atoms with van der Waals surface area (Å²) in [7, 11) is 2.06. The van der Waals surface area contributed by atoms with Gasteiger partial charge in [-0.25, -0.2) is 0 Å². The van der Waals surface area contributed by atoms with E-state index in [9.17, 15) is 4.79 Å². The first-order valence-electron chi connectivity index (χ1n) is 7.16. The number of benzene rings is 1. The predicted octanol–water partition coefficient (Wildman–Crippen LogP) is 3.16. The Kier molecular flexibility index (Phi) is 5.06. The molecule has 110 valence electrons. The molecular weight excluding hydrogens is 274 g/mol. The summed E-state index contributed by atoms with van der Waals surface area (Å²) in [5.74, 6) is -0.0773. The van der Waals surface area contributed by atoms with Gasteiger partial charge < -0.3 is 9.64 Å². The van der Waals surface area contributed by atoms with Gasteiger partial charge in [-0.05, 0) is 57.5 Å². The van der Waals surface area contributed by atoms with Crippen molar-refractivity contribution in [2.75, 3.05) is 26.7 Å². The Morgan fingerprint density at radius 3 is 2.95 bits per heavy atom. The normalized spacial score (nSPS) is 23.6. The molecule has 3 nitrogen and oxygen atoms in total. The molecule has 4 heteroatoms. The van der Waals surface area contributed by atoms with Gasteiger partial charge in [0.2, 0.25) is 0 Å². The van der Waals surface area contributed by atoms with Crippen molar-refractivity contribution in [3.8, 4) is 0 Å². The number of hydrogen-bond donors (Lipinski definition) is 0. The third-order valence-electron chi connectivity index (χ3n) is 3.91. The second kappa shape index (κ2) is 6.59. The van der Waals surface area contributed by atoms with Gasteiger partial charge >= 0.3 is 5.97 Å². The van der Waals surface area contributed by atoms with Crippen LogP contribution in [0.1, 0.15) is 25.3 Å². The number of likely N-dealkylation sites (tertiary alicyclic amines) is 1. The van der Waals surface area contributed by atoms with Crippen LogP contribution in [0, 0.1) is 5.41 Å². The van der Waals surface area contributed by atoms with E-state index in [1.54, 1.807) is 0 Å². The molecule has 1 heterocycles. The van der Waals surface area contributed by atoms with Crippen molar-refractivity contribution in [2.45, 2.75) is 26.2 Å². The molecule has 1 aromatic rings. The van der Waals surface area contributed by atoms with Crippen molar-refractivity contribution in [1.82, 2.24) is 4.90 Å². The summed E-state index contributed by atoms with van der Waals surface area (Å²) in [6.45, 7) is 4.08. The highest BCUT2D eigenvalue weighted by Gasteiger charge is 2.42. The van der Waals surface area contributed by atoms with Crippen molar-refractivity contribution in [3.63, 3.8) is 0 Å². The number of carbonyl (C=O) groups excluding carboxylic acids is 1. The molecule has 0 aromatic heterocycles. The van der Waals surface area contributed by atoms with Crippen LogP contribution in [-0.4, -0.2) is 37.6 Å². The Labute approximate surface area is 125 Å². The zero-order chi connectivity index (χ0) is 14.6. The van der Waals surface area contributed by atoms with Crippen molar-refractivity contribution in [1.29, 1.82) is 0 Å². The van der Waals surface area contributed by atoms with E-state index in [0.717, 1.165) is 31.5 Å². The minimum Gasteiger partial charge on any atom is -0.466 e. The molecule has 1 aliphatic heterocycles. The standard InChI is InChI=1S/C16H22ClNO2/c1-3-20-15(19)16(8-5-9-18(2)12-16)11-13-6-4-7-14(17)10-13/h4,6-7,10H,3,5,8-9,11-12H2,1-2H3. The van der Waals surface area contributed by atoms with Gasteiger partial charge in [0.15, 0.2) is 0 Å². The molecule has 0 aliphatic carbocycles. The van der Waals surface area contributed by atoms with Crippen LogP contribution in [0.4, 0.5) is 0 Å². The molecule has 1 unspecified atom stereocenters. The number of carbonyl (C=O) groups is 1. The van der Waals surface area contributed by atoms with Crippen LogP contribution in [0.25, 0.3) is 0 Å². The fourth-order valence-electron chi connectivity index (χ4n) is 3.07. The number of esters is 1. The van der Waals surface area contributed by atoms with Gasteiger partial charge in [-0.3, -0.25) is 4.79 Å². The van der Waals surface area contributed by atoms with Gasteiger partial charge in [0, 0.05) is 11.6 Å². The monoisotopic (exact) mass is 295 g/mol. The molecule has 0 radical (unpaired) electrons. The van der Waals surface area contributed by atoms with Crippen molar-refractivity contribution in [2.24, 2.45) is 5.41 Å². The molecule has 1 aliphatic rings. The lowest BCUT2D eigenvalue weighted by molar-refractivity contribution is -0.158. The average Bonchev–Trinajstić information content (AvgIpc) is 2.39. The first-order chi connectivity index (χ1) is 9.55. The molecule has 0 N–H and O–H groups in total. The maximum absolute atomic E-state index is 12.5. The van der Waals surface area contributed by atoms with Gasteiger partial charge in [0.1, 0.15) is 0 Å². The zero-order valence-corrected chi connectivity index (χ0v) is 12.9. The minimum absolute atomic E-state index is 0.0773. The maximum Gasteiger partial charge on any atom is 0.313 e. The molecule has 0 saturated carbocycles. The second-order valence-electron chi connectivity index (χ2n) is 5.65. The van der Waals surface area contributed by atoms with Gasteiger partial charge in [-0.1, -0.05) is 23.7 Å². The van der Waals surface area contributed by atoms with E-state index in [1.165, 1.54) is 0 Å². The first-order valence-corrected chi connectivity index (χ1v) is 7.54. The maximum atomic E-state index is 12.5. The number of nitrogens with zero attached hydrogens (tertiary/aromatic N) is 1. The fourth-order valence-corrected chi connectivity index (χ4v) is 3.28. The SMILES string of the molecule is CCOC(=O)C1(Cc2cccc(Cl)c2)CCCN(C)C1. The number of ether oxygens (including phenoxy) is 1. The summed E-state index contributed by atoms with van der Waals surface area (Å²) in [6.07, 6.45) is 2.59. The lowest BCUT2D eigenvalue weighted by atomic mass is 9.75.